The molecule has 0 saturated carbocycles. The molecule has 6 aromatic rings. The average molecular weight is 379 g/mol. The van der Waals surface area contributed by atoms with Crippen molar-refractivity contribution in [3.05, 3.63) is 109 Å². The summed E-state index contributed by atoms with van der Waals surface area (Å²) in [6.07, 6.45) is 0. The van der Waals surface area contributed by atoms with Gasteiger partial charge in [-0.25, -0.2) is 0 Å². The third-order valence-corrected chi connectivity index (χ3v) is 5.89. The number of benzene rings is 5. The summed E-state index contributed by atoms with van der Waals surface area (Å²) in [5.41, 5.74) is 6.88. The Morgan fingerprint density at radius 2 is 1.30 bits per heavy atom. The van der Waals surface area contributed by atoms with Crippen molar-refractivity contribution in [1.29, 1.82) is 0 Å². The smallest absolute Gasteiger partial charge is 0.113 e. The van der Waals surface area contributed by atoms with Crippen LogP contribution in [0.3, 0.4) is 0 Å². The summed E-state index contributed by atoms with van der Waals surface area (Å²) in [6, 6.07) is 38.6. The Morgan fingerprint density at radius 3 is 2.20 bits per heavy atom. The van der Waals surface area contributed by atoms with Crippen LogP contribution in [0.15, 0.2) is 109 Å². The van der Waals surface area contributed by atoms with E-state index < -0.39 is 0 Å². The minimum absolute atomic E-state index is 0.795. The van der Waals surface area contributed by atoms with Gasteiger partial charge in [0.25, 0.3) is 0 Å². The van der Waals surface area contributed by atoms with Gasteiger partial charge in [-0.15, -0.1) is 0 Å². The molecule has 0 fully saturated rings. The largest absolute Gasteiger partial charge is 0.309 e. The molecule has 1 aromatic heterocycles. The monoisotopic (exact) mass is 379 g/mol. The maximum Gasteiger partial charge on any atom is 0.113 e. The maximum atomic E-state index is 5.96. The van der Waals surface area contributed by atoms with Gasteiger partial charge in [-0.1, -0.05) is 84.3 Å². The van der Waals surface area contributed by atoms with E-state index in [4.69, 9.17) is 7.85 Å². The first-order chi connectivity index (χ1) is 14.8. The van der Waals surface area contributed by atoms with Crippen LogP contribution in [0.2, 0.25) is 0 Å². The fourth-order valence-electron chi connectivity index (χ4n) is 4.55. The fraction of sp³-hybridized carbons (Fsp3) is 0. The quantitative estimate of drug-likeness (QED) is 0.307. The second-order valence-electron chi connectivity index (χ2n) is 7.71. The number of nitrogens with zero attached hydrogens (tertiary/aromatic N) is 1. The molecule has 0 bridgehead atoms. The van der Waals surface area contributed by atoms with Crippen molar-refractivity contribution >= 4 is 45.9 Å². The molecule has 2 heteroatoms. The summed E-state index contributed by atoms with van der Waals surface area (Å²) in [7, 11) is 5.96. The SMILES string of the molecule is [B]c1ccc2cc(-c3cccc4c3c3ccccc3n4-c3ccccc3)ccc2c1. The van der Waals surface area contributed by atoms with Gasteiger partial charge in [0.15, 0.2) is 0 Å². The topological polar surface area (TPSA) is 4.93 Å². The van der Waals surface area contributed by atoms with Crippen LogP contribution >= 0.6 is 0 Å². The van der Waals surface area contributed by atoms with Gasteiger partial charge in [-0.3, -0.25) is 0 Å². The van der Waals surface area contributed by atoms with Crippen molar-refractivity contribution in [1.82, 2.24) is 4.57 Å². The maximum absolute atomic E-state index is 5.96. The molecule has 1 nitrogen and oxygen atoms in total. The van der Waals surface area contributed by atoms with E-state index in [1.807, 2.05) is 12.1 Å². The van der Waals surface area contributed by atoms with E-state index >= 15 is 0 Å². The summed E-state index contributed by atoms with van der Waals surface area (Å²) >= 11 is 0. The molecule has 138 valence electrons. The van der Waals surface area contributed by atoms with Crippen LogP contribution in [0.25, 0.3) is 49.4 Å². The highest BCUT2D eigenvalue weighted by molar-refractivity contribution is 6.33. The first kappa shape index (κ1) is 17.1. The minimum atomic E-state index is 0.795. The molecule has 0 saturated heterocycles. The zero-order valence-electron chi connectivity index (χ0n) is 16.4. The van der Waals surface area contributed by atoms with Crippen molar-refractivity contribution in [3.63, 3.8) is 0 Å². The standard InChI is InChI=1S/C28H18BN/c29-22-16-15-19-17-21(14-13-20(19)18-22)24-10-6-12-27-28(24)25-9-4-5-11-26(25)30(27)23-7-2-1-3-8-23/h1-18H. The molecule has 0 aliphatic heterocycles. The number of aromatic nitrogens is 1. The highest BCUT2D eigenvalue weighted by Crippen LogP contribution is 2.38. The van der Waals surface area contributed by atoms with Crippen LogP contribution in [0.4, 0.5) is 0 Å². The average Bonchev–Trinajstić information content (AvgIpc) is 3.14. The van der Waals surface area contributed by atoms with E-state index in [-0.39, 0.29) is 0 Å². The summed E-state index contributed by atoms with van der Waals surface area (Å²) < 4.78 is 2.36. The van der Waals surface area contributed by atoms with Crippen molar-refractivity contribution < 1.29 is 0 Å². The van der Waals surface area contributed by atoms with Crippen LogP contribution < -0.4 is 5.46 Å². The molecule has 0 atom stereocenters. The van der Waals surface area contributed by atoms with Gasteiger partial charge in [-0.05, 0) is 52.2 Å². The number of fused-ring (bicyclic) bond motifs is 4. The number of hydrogen-bond donors (Lipinski definition) is 0. The van der Waals surface area contributed by atoms with Crippen molar-refractivity contribution in [3.8, 4) is 16.8 Å². The minimum Gasteiger partial charge on any atom is -0.309 e. The van der Waals surface area contributed by atoms with E-state index in [1.165, 1.54) is 44.0 Å². The predicted molar refractivity (Wildman–Crippen MR) is 129 cm³/mol. The van der Waals surface area contributed by atoms with Crippen molar-refractivity contribution in [2.45, 2.75) is 0 Å². The second kappa shape index (κ2) is 6.64. The highest BCUT2D eigenvalue weighted by atomic mass is 15.0. The predicted octanol–water partition coefficient (Wildman–Crippen LogP) is 6.40. The van der Waals surface area contributed by atoms with Gasteiger partial charge in [0.2, 0.25) is 0 Å². The van der Waals surface area contributed by atoms with E-state index in [0.29, 0.717) is 0 Å². The Hall–Kier alpha value is -3.78. The summed E-state index contributed by atoms with van der Waals surface area (Å²) in [6.45, 7) is 0. The first-order valence-electron chi connectivity index (χ1n) is 10.2. The second-order valence-corrected chi connectivity index (χ2v) is 7.71. The molecule has 0 aliphatic rings. The van der Waals surface area contributed by atoms with Crippen LogP contribution in [0.1, 0.15) is 0 Å². The molecule has 0 spiro atoms. The lowest BCUT2D eigenvalue weighted by molar-refractivity contribution is 1.18. The van der Waals surface area contributed by atoms with Crippen LogP contribution in [0, 0.1) is 0 Å². The molecule has 30 heavy (non-hydrogen) atoms. The van der Waals surface area contributed by atoms with Crippen molar-refractivity contribution in [2.24, 2.45) is 0 Å². The number of rotatable bonds is 2. The van der Waals surface area contributed by atoms with Gasteiger partial charge in [0, 0.05) is 16.5 Å². The number of para-hydroxylation sites is 2. The molecular weight excluding hydrogens is 361 g/mol. The molecule has 0 aliphatic carbocycles. The first-order valence-corrected chi connectivity index (χ1v) is 10.2. The van der Waals surface area contributed by atoms with Gasteiger partial charge < -0.3 is 4.57 Å². The van der Waals surface area contributed by atoms with E-state index in [0.717, 1.165) is 10.8 Å². The van der Waals surface area contributed by atoms with Crippen molar-refractivity contribution in [2.75, 3.05) is 0 Å². The molecule has 5 aromatic carbocycles. The molecule has 0 N–H and O–H groups in total. The third kappa shape index (κ3) is 2.58. The summed E-state index contributed by atoms with van der Waals surface area (Å²) in [4.78, 5) is 0. The zero-order chi connectivity index (χ0) is 20.1. The molecule has 2 radical (unpaired) electrons. The van der Waals surface area contributed by atoms with Crippen LogP contribution in [-0.2, 0) is 0 Å². The Kier molecular flexibility index (Phi) is 3.79. The lowest BCUT2D eigenvalue weighted by atomic mass is 9.91. The Bertz CT molecular complexity index is 1540. The van der Waals surface area contributed by atoms with Gasteiger partial charge in [0.1, 0.15) is 7.85 Å². The van der Waals surface area contributed by atoms with Crippen LogP contribution in [0.5, 0.6) is 0 Å². The lowest BCUT2D eigenvalue weighted by Crippen LogP contribution is -1.99. The molecule has 6 rings (SSSR count). The Labute approximate surface area is 176 Å². The fourth-order valence-corrected chi connectivity index (χ4v) is 4.55. The third-order valence-electron chi connectivity index (χ3n) is 5.89. The summed E-state index contributed by atoms with van der Waals surface area (Å²) in [5.74, 6) is 0. The van der Waals surface area contributed by atoms with E-state index in [2.05, 4.69) is 102 Å². The normalized spacial score (nSPS) is 11.5. The van der Waals surface area contributed by atoms with Gasteiger partial charge in [-0.2, -0.15) is 0 Å². The molecule has 0 unspecified atom stereocenters. The molecular formula is C28H18BN. The Morgan fingerprint density at radius 1 is 0.567 bits per heavy atom. The highest BCUT2D eigenvalue weighted by Gasteiger charge is 2.15. The Balaban J connectivity index is 1.70. The number of hydrogen-bond acceptors (Lipinski definition) is 0. The van der Waals surface area contributed by atoms with E-state index in [1.54, 1.807) is 0 Å². The zero-order valence-corrected chi connectivity index (χ0v) is 16.4. The van der Waals surface area contributed by atoms with E-state index in [9.17, 15) is 0 Å². The summed E-state index contributed by atoms with van der Waals surface area (Å²) in [5, 5.41) is 4.92. The van der Waals surface area contributed by atoms with Gasteiger partial charge in [0.05, 0.1) is 11.0 Å². The van der Waals surface area contributed by atoms with Gasteiger partial charge >= 0.3 is 0 Å². The van der Waals surface area contributed by atoms with Crippen LogP contribution in [-0.4, -0.2) is 12.4 Å². The molecule has 1 heterocycles. The lowest BCUT2D eigenvalue weighted by Gasteiger charge is -2.09. The molecule has 0 amide bonds.